The highest BCUT2D eigenvalue weighted by atomic mass is 16.1. The van der Waals surface area contributed by atoms with Crippen molar-refractivity contribution in [1.29, 1.82) is 0 Å². The lowest BCUT2D eigenvalue weighted by Gasteiger charge is -2.10. The van der Waals surface area contributed by atoms with Crippen LogP contribution in [0.1, 0.15) is 47.4 Å². The summed E-state index contributed by atoms with van der Waals surface area (Å²) in [5, 5.41) is 3.01. The first-order chi connectivity index (χ1) is 15.8. The number of aryl methyl sites for hydroxylation is 3. The van der Waals surface area contributed by atoms with E-state index in [9.17, 15) is 4.79 Å². The minimum absolute atomic E-state index is 0.00538. The second-order valence-corrected chi connectivity index (χ2v) is 8.19. The molecule has 1 amide bonds. The van der Waals surface area contributed by atoms with Gasteiger partial charge in [0.25, 0.3) is 5.91 Å². The monoisotopic (exact) mass is 425 g/mol. The van der Waals surface area contributed by atoms with E-state index in [1.165, 1.54) is 16.9 Å². The summed E-state index contributed by atoms with van der Waals surface area (Å²) in [6, 6.07) is 28.5. The predicted molar refractivity (Wildman–Crippen MR) is 131 cm³/mol. The van der Waals surface area contributed by atoms with E-state index in [0.29, 0.717) is 6.54 Å². The molecule has 0 fully saturated rings. The molecule has 0 aliphatic carbocycles. The lowest BCUT2D eigenvalue weighted by Crippen LogP contribution is -2.24. The van der Waals surface area contributed by atoms with Gasteiger partial charge in [-0.1, -0.05) is 67.1 Å². The molecule has 0 spiro atoms. The van der Waals surface area contributed by atoms with Crippen molar-refractivity contribution >= 4 is 16.9 Å². The highest BCUT2D eigenvalue weighted by molar-refractivity contribution is 5.94. The Bertz CT molecular complexity index is 1120. The Balaban J connectivity index is 1.27. The maximum absolute atomic E-state index is 12.1. The number of aromatic nitrogens is 2. The fraction of sp³-hybridized carbons (Fsp3) is 0.286. The zero-order chi connectivity index (χ0) is 22.0. The van der Waals surface area contributed by atoms with Crippen molar-refractivity contribution in [1.82, 2.24) is 14.9 Å². The minimum atomic E-state index is 0.00538. The Kier molecular flexibility index (Phi) is 7.69. The predicted octanol–water partition coefficient (Wildman–Crippen LogP) is 5.81. The average Bonchev–Trinajstić information content (AvgIpc) is 3.20. The molecule has 0 aliphatic heterocycles. The van der Waals surface area contributed by atoms with Gasteiger partial charge in [-0.3, -0.25) is 4.79 Å². The number of amides is 1. The van der Waals surface area contributed by atoms with Gasteiger partial charge in [-0.2, -0.15) is 0 Å². The van der Waals surface area contributed by atoms with E-state index < -0.39 is 0 Å². The second-order valence-electron chi connectivity index (χ2n) is 8.19. The Hall–Kier alpha value is -3.40. The molecular weight excluding hydrogens is 394 g/mol. The molecule has 1 aromatic heterocycles. The van der Waals surface area contributed by atoms with Crippen LogP contribution in [-0.2, 0) is 19.4 Å². The lowest BCUT2D eigenvalue weighted by atomic mass is 10.1. The van der Waals surface area contributed by atoms with Crippen LogP contribution in [0.5, 0.6) is 0 Å². The number of para-hydroxylation sites is 2. The number of unbranched alkanes of at least 4 members (excludes halogenated alkanes) is 2. The van der Waals surface area contributed by atoms with Crippen molar-refractivity contribution in [2.24, 2.45) is 0 Å². The van der Waals surface area contributed by atoms with Crippen LogP contribution in [0.2, 0.25) is 0 Å². The maximum atomic E-state index is 12.1. The Labute approximate surface area is 190 Å². The quantitative estimate of drug-likeness (QED) is 0.308. The maximum Gasteiger partial charge on any atom is 0.251 e. The molecule has 0 saturated heterocycles. The fourth-order valence-corrected chi connectivity index (χ4v) is 4.13. The summed E-state index contributed by atoms with van der Waals surface area (Å²) in [5.41, 5.74) is 4.41. The SMILES string of the molecule is O=C(NCCCCCc1nc2ccccc2n1CCCc1ccccc1)c1ccccc1. The van der Waals surface area contributed by atoms with E-state index in [4.69, 9.17) is 4.98 Å². The number of fused-ring (bicyclic) bond motifs is 1. The lowest BCUT2D eigenvalue weighted by molar-refractivity contribution is 0.0953. The molecule has 4 heteroatoms. The number of benzene rings is 3. The van der Waals surface area contributed by atoms with E-state index in [1.54, 1.807) is 0 Å². The molecular formula is C28H31N3O. The van der Waals surface area contributed by atoms with E-state index in [0.717, 1.165) is 56.1 Å². The standard InChI is InChI=1S/C28H31N3O/c32-28(24-16-6-2-7-17-24)29-21-11-3-8-20-27-30-25-18-9-10-19-26(25)31(27)22-12-15-23-13-4-1-5-14-23/h1-2,4-7,9-10,13-14,16-19H,3,8,11-12,15,20-22H2,(H,29,32). The number of carbonyl (C=O) groups excluding carboxylic acids is 1. The molecule has 32 heavy (non-hydrogen) atoms. The topological polar surface area (TPSA) is 46.9 Å². The van der Waals surface area contributed by atoms with E-state index in [2.05, 4.69) is 64.5 Å². The van der Waals surface area contributed by atoms with Crippen LogP contribution in [-0.4, -0.2) is 22.0 Å². The highest BCUT2D eigenvalue weighted by Gasteiger charge is 2.10. The molecule has 0 saturated carbocycles. The smallest absolute Gasteiger partial charge is 0.251 e. The molecule has 0 aliphatic rings. The average molecular weight is 426 g/mol. The molecule has 3 aromatic carbocycles. The van der Waals surface area contributed by atoms with Crippen molar-refractivity contribution in [3.8, 4) is 0 Å². The van der Waals surface area contributed by atoms with Crippen LogP contribution in [0.3, 0.4) is 0 Å². The number of rotatable bonds is 11. The van der Waals surface area contributed by atoms with Gasteiger partial charge in [0.05, 0.1) is 11.0 Å². The largest absolute Gasteiger partial charge is 0.352 e. The molecule has 0 bridgehead atoms. The van der Waals surface area contributed by atoms with Gasteiger partial charge in [-0.15, -0.1) is 0 Å². The minimum Gasteiger partial charge on any atom is -0.352 e. The summed E-state index contributed by atoms with van der Waals surface area (Å²) in [6.07, 6.45) is 6.27. The van der Waals surface area contributed by atoms with Crippen molar-refractivity contribution < 1.29 is 4.79 Å². The van der Waals surface area contributed by atoms with E-state index in [1.807, 2.05) is 30.3 Å². The number of nitrogens with one attached hydrogen (secondary N) is 1. The number of hydrogen-bond donors (Lipinski definition) is 1. The van der Waals surface area contributed by atoms with Crippen molar-refractivity contribution in [2.45, 2.75) is 45.1 Å². The zero-order valence-electron chi connectivity index (χ0n) is 18.5. The van der Waals surface area contributed by atoms with Crippen molar-refractivity contribution in [2.75, 3.05) is 6.54 Å². The van der Waals surface area contributed by atoms with Crippen LogP contribution in [0.4, 0.5) is 0 Å². The molecule has 0 radical (unpaired) electrons. The number of carbonyl (C=O) groups is 1. The Morgan fingerprint density at radius 3 is 2.28 bits per heavy atom. The molecule has 4 aromatic rings. The summed E-state index contributed by atoms with van der Waals surface area (Å²) < 4.78 is 2.40. The number of nitrogens with zero attached hydrogens (tertiary/aromatic N) is 2. The fourth-order valence-electron chi connectivity index (χ4n) is 4.13. The van der Waals surface area contributed by atoms with Gasteiger partial charge < -0.3 is 9.88 Å². The van der Waals surface area contributed by atoms with Crippen molar-refractivity contribution in [3.05, 3.63) is 102 Å². The molecule has 4 rings (SSSR count). The van der Waals surface area contributed by atoms with Crippen LogP contribution in [0.15, 0.2) is 84.9 Å². The Morgan fingerprint density at radius 2 is 1.47 bits per heavy atom. The summed E-state index contributed by atoms with van der Waals surface area (Å²) >= 11 is 0. The Morgan fingerprint density at radius 1 is 0.750 bits per heavy atom. The van der Waals surface area contributed by atoms with Crippen LogP contribution in [0.25, 0.3) is 11.0 Å². The third-order valence-corrected chi connectivity index (χ3v) is 5.82. The second kappa shape index (κ2) is 11.3. The van der Waals surface area contributed by atoms with Crippen LogP contribution >= 0.6 is 0 Å². The molecule has 0 unspecified atom stereocenters. The summed E-state index contributed by atoms with van der Waals surface area (Å²) in [7, 11) is 0. The van der Waals surface area contributed by atoms with Gasteiger partial charge in [0, 0.05) is 25.1 Å². The van der Waals surface area contributed by atoms with Gasteiger partial charge >= 0.3 is 0 Å². The molecule has 0 atom stereocenters. The number of imidazole rings is 1. The third-order valence-electron chi connectivity index (χ3n) is 5.82. The van der Waals surface area contributed by atoms with Crippen molar-refractivity contribution in [3.63, 3.8) is 0 Å². The van der Waals surface area contributed by atoms with Crippen LogP contribution < -0.4 is 5.32 Å². The summed E-state index contributed by atoms with van der Waals surface area (Å²) in [6.45, 7) is 1.69. The number of hydrogen-bond acceptors (Lipinski definition) is 2. The van der Waals surface area contributed by atoms with E-state index in [-0.39, 0.29) is 5.91 Å². The van der Waals surface area contributed by atoms with Gasteiger partial charge in [-0.25, -0.2) is 4.98 Å². The first-order valence-corrected chi connectivity index (χ1v) is 11.6. The normalized spacial score (nSPS) is 11.0. The molecule has 164 valence electrons. The van der Waals surface area contributed by atoms with Gasteiger partial charge in [0.1, 0.15) is 5.82 Å². The van der Waals surface area contributed by atoms with Crippen LogP contribution in [0, 0.1) is 0 Å². The summed E-state index contributed by atoms with van der Waals surface area (Å²) in [4.78, 5) is 17.0. The van der Waals surface area contributed by atoms with Gasteiger partial charge in [0.2, 0.25) is 0 Å². The third kappa shape index (κ3) is 5.85. The van der Waals surface area contributed by atoms with E-state index >= 15 is 0 Å². The van der Waals surface area contributed by atoms with Gasteiger partial charge in [0.15, 0.2) is 0 Å². The molecule has 4 nitrogen and oxygen atoms in total. The summed E-state index contributed by atoms with van der Waals surface area (Å²) in [5.74, 6) is 1.18. The first-order valence-electron chi connectivity index (χ1n) is 11.6. The zero-order valence-corrected chi connectivity index (χ0v) is 18.5. The highest BCUT2D eigenvalue weighted by Crippen LogP contribution is 2.19. The first kappa shape index (κ1) is 21.8. The molecule has 1 N–H and O–H groups in total. The molecule has 1 heterocycles. The van der Waals surface area contributed by atoms with Gasteiger partial charge in [-0.05, 0) is 55.5 Å².